The van der Waals surface area contributed by atoms with Crippen LogP contribution in [0, 0.1) is 0 Å². The number of carbonyl (C=O) groups excluding carboxylic acids is 2. The van der Waals surface area contributed by atoms with E-state index in [-0.39, 0.29) is 36.1 Å². The van der Waals surface area contributed by atoms with Gasteiger partial charge in [-0.3, -0.25) is 4.79 Å². The van der Waals surface area contributed by atoms with Crippen LogP contribution in [0.1, 0.15) is 44.2 Å². The molecule has 6 nitrogen and oxygen atoms in total. The average molecular weight is 371 g/mol. The molecule has 0 aliphatic carbocycles. The molecule has 3 heterocycles. The van der Waals surface area contributed by atoms with E-state index < -0.39 is 0 Å². The highest BCUT2D eigenvalue weighted by Gasteiger charge is 2.40. The van der Waals surface area contributed by atoms with Gasteiger partial charge in [-0.25, -0.2) is 4.79 Å². The van der Waals surface area contributed by atoms with Crippen LogP contribution in [0.5, 0.6) is 0 Å². The molecule has 3 amide bonds. The Balaban J connectivity index is 1.31. The molecule has 4 rings (SSSR count). The van der Waals surface area contributed by atoms with Crippen molar-refractivity contribution in [1.29, 1.82) is 0 Å². The molecule has 146 valence electrons. The number of amides is 3. The summed E-state index contributed by atoms with van der Waals surface area (Å²) in [5.74, 6) is 0.325. The summed E-state index contributed by atoms with van der Waals surface area (Å²) >= 11 is 0. The first kappa shape index (κ1) is 18.3. The Morgan fingerprint density at radius 2 is 1.81 bits per heavy atom. The molecule has 27 heavy (non-hydrogen) atoms. The summed E-state index contributed by atoms with van der Waals surface area (Å²) in [6.45, 7) is 9.55. The lowest BCUT2D eigenvalue weighted by Gasteiger charge is -2.46. The quantitative estimate of drug-likeness (QED) is 0.822. The molecule has 2 atom stereocenters. The van der Waals surface area contributed by atoms with Gasteiger partial charge in [0, 0.05) is 32.1 Å². The minimum Gasteiger partial charge on any atom is -0.366 e. The van der Waals surface area contributed by atoms with Crippen LogP contribution in [0.4, 0.5) is 4.79 Å². The Bertz CT molecular complexity index is 719. The third kappa shape index (κ3) is 3.68. The van der Waals surface area contributed by atoms with E-state index in [1.807, 2.05) is 9.80 Å². The topological polar surface area (TPSA) is 61.9 Å². The molecule has 1 N–H and O–H groups in total. The molecule has 0 saturated carbocycles. The van der Waals surface area contributed by atoms with Gasteiger partial charge in [0.2, 0.25) is 5.91 Å². The minimum atomic E-state index is -0.0896. The summed E-state index contributed by atoms with van der Waals surface area (Å²) < 4.78 is 5.57. The van der Waals surface area contributed by atoms with Crippen molar-refractivity contribution in [3.8, 4) is 0 Å². The molecule has 0 bridgehead atoms. The van der Waals surface area contributed by atoms with E-state index in [0.29, 0.717) is 19.0 Å². The van der Waals surface area contributed by atoms with Gasteiger partial charge < -0.3 is 19.9 Å². The van der Waals surface area contributed by atoms with Crippen molar-refractivity contribution in [3.63, 3.8) is 0 Å². The highest BCUT2D eigenvalue weighted by Crippen LogP contribution is 2.31. The Morgan fingerprint density at radius 3 is 2.48 bits per heavy atom. The zero-order valence-corrected chi connectivity index (χ0v) is 16.4. The highest BCUT2D eigenvalue weighted by molar-refractivity contribution is 5.79. The van der Waals surface area contributed by atoms with Crippen LogP contribution in [0.2, 0.25) is 0 Å². The first-order chi connectivity index (χ1) is 12.8. The van der Waals surface area contributed by atoms with E-state index in [2.05, 4.69) is 50.4 Å². The van der Waals surface area contributed by atoms with Crippen LogP contribution in [-0.4, -0.2) is 66.7 Å². The van der Waals surface area contributed by atoms with Gasteiger partial charge in [0.15, 0.2) is 0 Å². The SMILES string of the molecule is CC(C)(C)c1ccc(C2CN(C(=O)N3CCC4OCC(=O)NC4C3)C2)cc1. The third-order valence-corrected chi connectivity index (χ3v) is 5.99. The van der Waals surface area contributed by atoms with Gasteiger partial charge in [-0.2, -0.15) is 0 Å². The van der Waals surface area contributed by atoms with Crippen LogP contribution in [-0.2, 0) is 14.9 Å². The van der Waals surface area contributed by atoms with Crippen molar-refractivity contribution in [2.45, 2.75) is 50.7 Å². The number of likely N-dealkylation sites (tertiary alicyclic amines) is 2. The van der Waals surface area contributed by atoms with E-state index in [1.54, 1.807) is 0 Å². The molecule has 0 aromatic heterocycles. The molecule has 3 fully saturated rings. The van der Waals surface area contributed by atoms with Gasteiger partial charge >= 0.3 is 6.03 Å². The number of hydrogen-bond acceptors (Lipinski definition) is 3. The van der Waals surface area contributed by atoms with Gasteiger partial charge in [-0.05, 0) is 23.0 Å². The number of urea groups is 1. The minimum absolute atomic E-state index is 0.0391. The number of benzene rings is 1. The molecule has 6 heteroatoms. The van der Waals surface area contributed by atoms with Crippen molar-refractivity contribution < 1.29 is 14.3 Å². The predicted molar refractivity (Wildman–Crippen MR) is 103 cm³/mol. The van der Waals surface area contributed by atoms with Crippen molar-refractivity contribution in [3.05, 3.63) is 35.4 Å². The van der Waals surface area contributed by atoms with Crippen LogP contribution in [0.3, 0.4) is 0 Å². The summed E-state index contributed by atoms with van der Waals surface area (Å²) in [5, 5.41) is 2.95. The van der Waals surface area contributed by atoms with Gasteiger partial charge in [0.05, 0.1) is 12.1 Å². The first-order valence-corrected chi connectivity index (χ1v) is 9.86. The number of fused-ring (bicyclic) bond motifs is 1. The van der Waals surface area contributed by atoms with Crippen molar-refractivity contribution >= 4 is 11.9 Å². The van der Waals surface area contributed by atoms with Gasteiger partial charge in [0.1, 0.15) is 6.61 Å². The summed E-state index contributed by atoms with van der Waals surface area (Å²) in [7, 11) is 0. The van der Waals surface area contributed by atoms with E-state index >= 15 is 0 Å². The van der Waals surface area contributed by atoms with Crippen molar-refractivity contribution in [2.75, 3.05) is 32.8 Å². The fourth-order valence-electron chi connectivity index (χ4n) is 4.17. The van der Waals surface area contributed by atoms with E-state index in [4.69, 9.17) is 4.74 Å². The molecular weight excluding hydrogens is 342 g/mol. The molecule has 1 aromatic carbocycles. The van der Waals surface area contributed by atoms with E-state index in [9.17, 15) is 9.59 Å². The fourth-order valence-corrected chi connectivity index (χ4v) is 4.17. The van der Waals surface area contributed by atoms with E-state index in [0.717, 1.165) is 19.5 Å². The maximum atomic E-state index is 12.8. The van der Waals surface area contributed by atoms with Crippen molar-refractivity contribution in [2.24, 2.45) is 0 Å². The fraction of sp³-hybridized carbons (Fsp3) is 0.619. The predicted octanol–water partition coefficient (Wildman–Crippen LogP) is 2.09. The lowest BCUT2D eigenvalue weighted by molar-refractivity contribution is -0.139. The summed E-state index contributed by atoms with van der Waals surface area (Å²) in [4.78, 5) is 28.1. The number of hydrogen-bond donors (Lipinski definition) is 1. The second-order valence-electron chi connectivity index (χ2n) is 9.01. The summed E-state index contributed by atoms with van der Waals surface area (Å²) in [6.07, 6.45) is 0.819. The lowest BCUT2D eigenvalue weighted by Crippen LogP contribution is -2.63. The molecular formula is C21H29N3O3. The molecule has 1 aromatic rings. The molecule has 0 radical (unpaired) electrons. The smallest absolute Gasteiger partial charge is 0.320 e. The third-order valence-electron chi connectivity index (χ3n) is 5.99. The Morgan fingerprint density at radius 1 is 1.11 bits per heavy atom. The van der Waals surface area contributed by atoms with Crippen molar-refractivity contribution in [1.82, 2.24) is 15.1 Å². The standard InChI is InChI=1S/C21H29N3O3/c1-21(2,3)16-6-4-14(5-7-16)15-10-24(11-15)20(26)23-9-8-18-17(12-23)22-19(25)13-27-18/h4-7,15,17-18H,8-13H2,1-3H3,(H,22,25). The second-order valence-corrected chi connectivity index (χ2v) is 9.01. The van der Waals surface area contributed by atoms with E-state index in [1.165, 1.54) is 11.1 Å². The lowest BCUT2D eigenvalue weighted by atomic mass is 9.84. The molecule has 3 aliphatic heterocycles. The average Bonchev–Trinajstić information content (AvgIpc) is 2.59. The van der Waals surface area contributed by atoms with Crippen LogP contribution >= 0.6 is 0 Å². The normalized spacial score (nSPS) is 26.3. The number of rotatable bonds is 1. The van der Waals surface area contributed by atoms with Gasteiger partial charge in [-0.1, -0.05) is 45.0 Å². The van der Waals surface area contributed by atoms with Gasteiger partial charge in [0.25, 0.3) is 0 Å². The number of morpholine rings is 1. The van der Waals surface area contributed by atoms with Gasteiger partial charge in [-0.15, -0.1) is 0 Å². The number of nitrogens with zero attached hydrogens (tertiary/aromatic N) is 2. The Hall–Kier alpha value is -2.08. The molecule has 3 aliphatic rings. The number of carbonyl (C=O) groups is 2. The monoisotopic (exact) mass is 371 g/mol. The number of nitrogens with one attached hydrogen (secondary N) is 1. The van der Waals surface area contributed by atoms with Crippen LogP contribution < -0.4 is 5.32 Å². The Kier molecular flexibility index (Phi) is 4.62. The summed E-state index contributed by atoms with van der Waals surface area (Å²) in [6, 6.07) is 8.81. The second kappa shape index (κ2) is 6.82. The zero-order valence-electron chi connectivity index (χ0n) is 16.4. The first-order valence-electron chi connectivity index (χ1n) is 9.86. The number of ether oxygens (including phenoxy) is 1. The molecule has 0 spiro atoms. The van der Waals surface area contributed by atoms with Crippen LogP contribution in [0.25, 0.3) is 0 Å². The molecule has 3 saturated heterocycles. The zero-order chi connectivity index (χ0) is 19.2. The summed E-state index contributed by atoms with van der Waals surface area (Å²) in [5.41, 5.74) is 2.79. The van der Waals surface area contributed by atoms with Crippen LogP contribution in [0.15, 0.2) is 24.3 Å². The maximum absolute atomic E-state index is 12.8. The largest absolute Gasteiger partial charge is 0.366 e. The number of piperidine rings is 1. The molecule has 2 unspecified atom stereocenters. The Labute approximate surface area is 160 Å². The maximum Gasteiger partial charge on any atom is 0.320 e. The highest BCUT2D eigenvalue weighted by atomic mass is 16.5.